The van der Waals surface area contributed by atoms with Crippen molar-refractivity contribution < 1.29 is 19.1 Å². The highest BCUT2D eigenvalue weighted by Gasteiger charge is 2.12. The Balaban J connectivity index is 1.50. The van der Waals surface area contributed by atoms with Crippen molar-refractivity contribution in [2.24, 2.45) is 0 Å². The number of ketones is 1. The molecule has 6 nitrogen and oxygen atoms in total. The van der Waals surface area contributed by atoms with Gasteiger partial charge < -0.3 is 20.2 Å². The van der Waals surface area contributed by atoms with Crippen molar-refractivity contribution >= 4 is 23.3 Å². The van der Waals surface area contributed by atoms with E-state index in [1.807, 2.05) is 61.5 Å². The molecule has 0 aliphatic rings. The van der Waals surface area contributed by atoms with Crippen LogP contribution >= 0.6 is 0 Å². The highest BCUT2D eigenvalue weighted by Crippen LogP contribution is 2.19. The summed E-state index contributed by atoms with van der Waals surface area (Å²) in [4.78, 5) is 35.8. The van der Waals surface area contributed by atoms with Gasteiger partial charge in [0.05, 0.1) is 6.04 Å². The highest BCUT2D eigenvalue weighted by molar-refractivity contribution is 6.04. The first-order chi connectivity index (χ1) is 15.9. The van der Waals surface area contributed by atoms with Gasteiger partial charge in [0.25, 0.3) is 11.8 Å². The first-order valence-corrected chi connectivity index (χ1v) is 10.9. The Morgan fingerprint density at radius 3 is 2.33 bits per heavy atom. The molecule has 33 heavy (non-hydrogen) atoms. The normalized spacial score (nSPS) is 11.3. The van der Waals surface area contributed by atoms with Gasteiger partial charge in [0.1, 0.15) is 11.5 Å². The van der Waals surface area contributed by atoms with Crippen molar-refractivity contribution in [3.05, 3.63) is 95.6 Å². The standard InChI is InChI=1S/C27H28N2O4/c1-19(30)11-12-21-13-15-25(16-14-21)33-18-26(31)28-20(2)23-9-6-10-24(17-23)29-27(32)22-7-4-3-5-8-22/h3-10,13-17,20H,11-12,18H2,1-2H3,(H,28,31)(H,29,32). The number of hydrogen-bond acceptors (Lipinski definition) is 4. The maximum absolute atomic E-state index is 12.4. The molecule has 2 amide bonds. The number of ether oxygens (including phenoxy) is 1. The summed E-state index contributed by atoms with van der Waals surface area (Å²) in [6.07, 6.45) is 1.20. The Hall–Kier alpha value is -3.93. The number of anilines is 1. The van der Waals surface area contributed by atoms with Gasteiger partial charge in [-0.15, -0.1) is 0 Å². The molecule has 0 aromatic heterocycles. The van der Waals surface area contributed by atoms with Crippen LogP contribution in [0, 0.1) is 0 Å². The molecule has 0 radical (unpaired) electrons. The second-order valence-corrected chi connectivity index (χ2v) is 7.87. The third-order valence-electron chi connectivity index (χ3n) is 5.12. The van der Waals surface area contributed by atoms with E-state index in [2.05, 4.69) is 10.6 Å². The summed E-state index contributed by atoms with van der Waals surface area (Å²) in [5.41, 5.74) is 3.15. The fourth-order valence-electron chi connectivity index (χ4n) is 3.27. The quantitative estimate of drug-likeness (QED) is 0.474. The molecule has 0 bridgehead atoms. The lowest BCUT2D eigenvalue weighted by molar-refractivity contribution is -0.123. The van der Waals surface area contributed by atoms with Gasteiger partial charge in [0.15, 0.2) is 6.61 Å². The molecule has 0 aliphatic heterocycles. The third kappa shape index (κ3) is 7.61. The minimum Gasteiger partial charge on any atom is -0.484 e. The number of carbonyl (C=O) groups excluding carboxylic acids is 3. The van der Waals surface area contributed by atoms with Gasteiger partial charge in [0, 0.05) is 17.7 Å². The van der Waals surface area contributed by atoms with Crippen molar-refractivity contribution in [3.63, 3.8) is 0 Å². The van der Waals surface area contributed by atoms with Crippen molar-refractivity contribution in [2.45, 2.75) is 32.7 Å². The lowest BCUT2D eigenvalue weighted by atomic mass is 10.1. The van der Waals surface area contributed by atoms with E-state index in [1.54, 1.807) is 31.2 Å². The van der Waals surface area contributed by atoms with Crippen LogP contribution in [0.15, 0.2) is 78.9 Å². The van der Waals surface area contributed by atoms with Crippen LogP contribution in [0.4, 0.5) is 5.69 Å². The van der Waals surface area contributed by atoms with Gasteiger partial charge in [-0.1, -0.05) is 42.5 Å². The molecule has 0 aliphatic carbocycles. The van der Waals surface area contributed by atoms with Gasteiger partial charge >= 0.3 is 0 Å². The molecule has 170 valence electrons. The number of rotatable bonds is 10. The maximum Gasteiger partial charge on any atom is 0.258 e. The Morgan fingerprint density at radius 2 is 1.64 bits per heavy atom. The van der Waals surface area contributed by atoms with Crippen LogP contribution < -0.4 is 15.4 Å². The van der Waals surface area contributed by atoms with E-state index >= 15 is 0 Å². The molecule has 0 saturated carbocycles. The third-order valence-corrected chi connectivity index (χ3v) is 5.12. The smallest absolute Gasteiger partial charge is 0.258 e. The van der Waals surface area contributed by atoms with Gasteiger partial charge in [-0.05, 0) is 67.8 Å². The van der Waals surface area contributed by atoms with Crippen molar-refractivity contribution in [2.75, 3.05) is 11.9 Å². The summed E-state index contributed by atoms with van der Waals surface area (Å²) in [6, 6.07) is 23.5. The zero-order valence-corrected chi connectivity index (χ0v) is 18.8. The fourth-order valence-corrected chi connectivity index (χ4v) is 3.27. The molecule has 3 aromatic carbocycles. The van der Waals surface area contributed by atoms with E-state index in [0.717, 1.165) is 11.1 Å². The molecular weight excluding hydrogens is 416 g/mol. The molecule has 6 heteroatoms. The van der Waals surface area contributed by atoms with Crippen LogP contribution in [0.1, 0.15) is 47.8 Å². The average molecular weight is 445 g/mol. The maximum atomic E-state index is 12.4. The predicted molar refractivity (Wildman–Crippen MR) is 128 cm³/mol. The number of nitrogens with one attached hydrogen (secondary N) is 2. The predicted octanol–water partition coefficient (Wildman–Crippen LogP) is 4.72. The summed E-state index contributed by atoms with van der Waals surface area (Å²) in [7, 11) is 0. The van der Waals surface area contributed by atoms with Crippen LogP contribution in [0.25, 0.3) is 0 Å². The van der Waals surface area contributed by atoms with E-state index in [-0.39, 0.29) is 30.2 Å². The number of carbonyl (C=O) groups is 3. The van der Waals surface area contributed by atoms with Crippen molar-refractivity contribution in [3.8, 4) is 5.75 Å². The zero-order valence-electron chi connectivity index (χ0n) is 18.8. The Kier molecular flexibility index (Phi) is 8.36. The van der Waals surface area contributed by atoms with Gasteiger partial charge in [0.2, 0.25) is 0 Å². The summed E-state index contributed by atoms with van der Waals surface area (Å²) in [5.74, 6) is 0.312. The van der Waals surface area contributed by atoms with Crippen LogP contribution in [-0.2, 0) is 16.0 Å². The van der Waals surface area contributed by atoms with Crippen molar-refractivity contribution in [1.82, 2.24) is 5.32 Å². The van der Waals surface area contributed by atoms with E-state index in [9.17, 15) is 14.4 Å². The van der Waals surface area contributed by atoms with Crippen LogP contribution in [-0.4, -0.2) is 24.2 Å². The highest BCUT2D eigenvalue weighted by atomic mass is 16.5. The monoisotopic (exact) mass is 444 g/mol. The van der Waals surface area contributed by atoms with Crippen LogP contribution in [0.2, 0.25) is 0 Å². The Morgan fingerprint density at radius 1 is 0.909 bits per heavy atom. The molecule has 3 rings (SSSR count). The minimum absolute atomic E-state index is 0.110. The second kappa shape index (κ2) is 11.6. The minimum atomic E-state index is -0.261. The SMILES string of the molecule is CC(=O)CCc1ccc(OCC(=O)NC(C)c2cccc(NC(=O)c3ccccc3)c2)cc1. The first-order valence-electron chi connectivity index (χ1n) is 10.9. The largest absolute Gasteiger partial charge is 0.484 e. The van der Waals surface area contributed by atoms with Crippen LogP contribution in [0.5, 0.6) is 5.75 Å². The van der Waals surface area contributed by atoms with E-state index in [0.29, 0.717) is 29.8 Å². The van der Waals surface area contributed by atoms with Gasteiger partial charge in [-0.2, -0.15) is 0 Å². The van der Waals surface area contributed by atoms with Crippen LogP contribution in [0.3, 0.4) is 0 Å². The Labute approximate surface area is 194 Å². The summed E-state index contributed by atoms with van der Waals surface area (Å²) in [5, 5.41) is 5.79. The number of amides is 2. The lowest BCUT2D eigenvalue weighted by Gasteiger charge is -2.16. The number of Topliss-reactive ketones (excluding diaryl/α,β-unsaturated/α-hetero) is 1. The number of hydrogen-bond donors (Lipinski definition) is 2. The molecule has 3 aromatic rings. The van der Waals surface area contributed by atoms with Gasteiger partial charge in [-0.3, -0.25) is 9.59 Å². The fraction of sp³-hybridized carbons (Fsp3) is 0.222. The summed E-state index contributed by atoms with van der Waals surface area (Å²) in [6.45, 7) is 3.34. The molecule has 1 atom stereocenters. The lowest BCUT2D eigenvalue weighted by Crippen LogP contribution is -2.31. The summed E-state index contributed by atoms with van der Waals surface area (Å²) >= 11 is 0. The number of aryl methyl sites for hydroxylation is 1. The van der Waals surface area contributed by atoms with Gasteiger partial charge in [-0.25, -0.2) is 0 Å². The second-order valence-electron chi connectivity index (χ2n) is 7.87. The first kappa shape index (κ1) is 23.7. The van der Waals surface area contributed by atoms with E-state index in [1.165, 1.54) is 0 Å². The van der Waals surface area contributed by atoms with E-state index in [4.69, 9.17) is 4.74 Å². The molecule has 0 fully saturated rings. The molecule has 0 saturated heterocycles. The summed E-state index contributed by atoms with van der Waals surface area (Å²) < 4.78 is 5.57. The molecule has 0 heterocycles. The Bertz CT molecular complexity index is 1090. The molecule has 2 N–H and O–H groups in total. The van der Waals surface area contributed by atoms with E-state index < -0.39 is 0 Å². The van der Waals surface area contributed by atoms with Crippen molar-refractivity contribution in [1.29, 1.82) is 0 Å². The topological polar surface area (TPSA) is 84.5 Å². The average Bonchev–Trinajstić information content (AvgIpc) is 2.82. The molecule has 0 spiro atoms. The molecule has 1 unspecified atom stereocenters. The zero-order chi connectivity index (χ0) is 23.6. The number of benzene rings is 3. The molecular formula is C27H28N2O4.